The minimum Gasteiger partial charge on any atom is -0.376 e. The SMILES string of the molecule is CC(C)[C@H]1CC(=O)OC(=O)N1. The molecule has 1 fully saturated rings. The maximum atomic E-state index is 10.7. The molecular weight excluding hydrogens is 146 g/mol. The standard InChI is InChI=1S/C7H11NO3/c1-4(2)5-3-6(9)11-7(10)8-5/h4-5H,3H2,1-2H3,(H,8,10)/t5-/m1/s1. The number of hydrogen-bond acceptors (Lipinski definition) is 3. The minimum absolute atomic E-state index is 0.0660. The van der Waals surface area contributed by atoms with Gasteiger partial charge in [-0.05, 0) is 5.92 Å². The van der Waals surface area contributed by atoms with Crippen LogP contribution in [-0.2, 0) is 9.53 Å². The van der Waals surface area contributed by atoms with Gasteiger partial charge in [-0.3, -0.25) is 4.79 Å². The van der Waals surface area contributed by atoms with E-state index in [0.29, 0.717) is 0 Å². The first-order chi connectivity index (χ1) is 5.09. The molecule has 0 spiro atoms. The summed E-state index contributed by atoms with van der Waals surface area (Å²) in [5.74, 6) is -0.167. The lowest BCUT2D eigenvalue weighted by Crippen LogP contribution is -2.46. The Hall–Kier alpha value is -1.06. The average molecular weight is 157 g/mol. The van der Waals surface area contributed by atoms with Crippen LogP contribution >= 0.6 is 0 Å². The molecule has 1 amide bonds. The maximum absolute atomic E-state index is 10.7. The van der Waals surface area contributed by atoms with Crippen LogP contribution in [0.15, 0.2) is 0 Å². The van der Waals surface area contributed by atoms with Crippen molar-refractivity contribution in [1.82, 2.24) is 5.32 Å². The van der Waals surface area contributed by atoms with Crippen LogP contribution in [0.5, 0.6) is 0 Å². The smallest absolute Gasteiger partial charge is 0.376 e. The van der Waals surface area contributed by atoms with Gasteiger partial charge in [0, 0.05) is 6.04 Å². The highest BCUT2D eigenvalue weighted by Gasteiger charge is 2.27. The van der Waals surface area contributed by atoms with Crippen molar-refractivity contribution in [1.29, 1.82) is 0 Å². The molecule has 0 saturated carbocycles. The number of nitrogens with one attached hydrogen (secondary N) is 1. The molecule has 0 unspecified atom stereocenters. The number of cyclic esters (lactones) is 2. The van der Waals surface area contributed by atoms with Gasteiger partial charge in [0.05, 0.1) is 6.42 Å². The predicted molar refractivity (Wildman–Crippen MR) is 37.9 cm³/mol. The van der Waals surface area contributed by atoms with Gasteiger partial charge in [-0.15, -0.1) is 0 Å². The van der Waals surface area contributed by atoms with Crippen molar-refractivity contribution < 1.29 is 14.3 Å². The molecule has 62 valence electrons. The van der Waals surface area contributed by atoms with Gasteiger partial charge in [-0.2, -0.15) is 0 Å². The van der Waals surface area contributed by atoms with Crippen molar-refractivity contribution in [3.05, 3.63) is 0 Å². The molecule has 11 heavy (non-hydrogen) atoms. The summed E-state index contributed by atoms with van der Waals surface area (Å²) in [6.07, 6.45) is -0.344. The monoisotopic (exact) mass is 157 g/mol. The first-order valence-electron chi connectivity index (χ1n) is 3.61. The second-order valence-corrected chi connectivity index (χ2v) is 2.96. The lowest BCUT2D eigenvalue weighted by Gasteiger charge is -2.24. The second-order valence-electron chi connectivity index (χ2n) is 2.96. The van der Waals surface area contributed by atoms with E-state index in [4.69, 9.17) is 0 Å². The Morgan fingerprint density at radius 2 is 2.18 bits per heavy atom. The molecule has 1 N–H and O–H groups in total. The highest BCUT2D eigenvalue weighted by atomic mass is 16.6. The fourth-order valence-corrected chi connectivity index (χ4v) is 0.959. The topological polar surface area (TPSA) is 55.4 Å². The van der Waals surface area contributed by atoms with Crippen LogP contribution in [0.2, 0.25) is 0 Å². The van der Waals surface area contributed by atoms with Crippen molar-refractivity contribution >= 4 is 12.1 Å². The zero-order chi connectivity index (χ0) is 8.43. The van der Waals surface area contributed by atoms with E-state index < -0.39 is 12.1 Å². The zero-order valence-electron chi connectivity index (χ0n) is 6.59. The van der Waals surface area contributed by atoms with E-state index in [2.05, 4.69) is 10.1 Å². The molecule has 0 aliphatic carbocycles. The number of alkyl carbamates (subject to hydrolysis) is 1. The highest BCUT2D eigenvalue weighted by molar-refractivity contribution is 5.87. The molecule has 1 rings (SSSR count). The molecule has 0 aromatic heterocycles. The van der Waals surface area contributed by atoms with Crippen molar-refractivity contribution in [3.8, 4) is 0 Å². The minimum atomic E-state index is -0.625. The number of rotatable bonds is 1. The summed E-state index contributed by atoms with van der Waals surface area (Å²) in [6.45, 7) is 3.90. The Kier molecular flexibility index (Phi) is 2.12. The van der Waals surface area contributed by atoms with Gasteiger partial charge in [0.25, 0.3) is 0 Å². The second kappa shape index (κ2) is 2.90. The van der Waals surface area contributed by atoms with E-state index in [-0.39, 0.29) is 18.4 Å². The van der Waals surface area contributed by atoms with Crippen LogP contribution < -0.4 is 5.32 Å². The van der Waals surface area contributed by atoms with Crippen LogP contribution in [0.1, 0.15) is 20.3 Å². The number of carbonyl (C=O) groups is 2. The molecular formula is C7H11NO3. The Bertz CT molecular complexity index is 172. The van der Waals surface area contributed by atoms with Crippen LogP contribution in [0.25, 0.3) is 0 Å². The van der Waals surface area contributed by atoms with Gasteiger partial charge in [-0.1, -0.05) is 13.8 Å². The van der Waals surface area contributed by atoms with Crippen molar-refractivity contribution in [3.63, 3.8) is 0 Å². The van der Waals surface area contributed by atoms with E-state index in [1.165, 1.54) is 0 Å². The average Bonchev–Trinajstić information content (AvgIpc) is 1.85. The van der Waals surface area contributed by atoms with Gasteiger partial charge in [0.1, 0.15) is 0 Å². The van der Waals surface area contributed by atoms with Gasteiger partial charge in [0.2, 0.25) is 0 Å². The summed E-state index contributed by atoms with van der Waals surface area (Å²) in [5, 5.41) is 2.56. The van der Waals surface area contributed by atoms with E-state index >= 15 is 0 Å². The molecule has 4 nitrogen and oxygen atoms in total. The summed E-state index contributed by atoms with van der Waals surface area (Å²) in [5.41, 5.74) is 0. The molecule has 1 aliphatic heterocycles. The summed E-state index contributed by atoms with van der Waals surface area (Å²) >= 11 is 0. The third-order valence-electron chi connectivity index (χ3n) is 1.70. The number of amides is 1. The van der Waals surface area contributed by atoms with Crippen LogP contribution in [0.3, 0.4) is 0 Å². The summed E-state index contributed by atoms with van der Waals surface area (Å²) < 4.78 is 4.28. The van der Waals surface area contributed by atoms with Crippen molar-refractivity contribution in [2.45, 2.75) is 26.3 Å². The quantitative estimate of drug-likeness (QED) is 0.449. The first-order valence-corrected chi connectivity index (χ1v) is 3.61. The van der Waals surface area contributed by atoms with Crippen LogP contribution in [0, 0.1) is 5.92 Å². The van der Waals surface area contributed by atoms with Gasteiger partial charge in [0.15, 0.2) is 0 Å². The summed E-state index contributed by atoms with van der Waals surface area (Å²) in [6, 6.07) is -0.0660. The van der Waals surface area contributed by atoms with Crippen molar-refractivity contribution in [2.75, 3.05) is 0 Å². The first kappa shape index (κ1) is 8.04. The van der Waals surface area contributed by atoms with E-state index in [1.807, 2.05) is 13.8 Å². The lowest BCUT2D eigenvalue weighted by atomic mass is 10.0. The van der Waals surface area contributed by atoms with Gasteiger partial charge >= 0.3 is 12.1 Å². The Morgan fingerprint density at radius 1 is 1.55 bits per heavy atom. The predicted octanol–water partition coefficient (Wildman–Crippen LogP) is 0.667. The fraction of sp³-hybridized carbons (Fsp3) is 0.714. The normalized spacial score (nSPS) is 24.8. The maximum Gasteiger partial charge on any atom is 0.415 e. The van der Waals surface area contributed by atoms with Gasteiger partial charge in [-0.25, -0.2) is 4.79 Å². The lowest BCUT2D eigenvalue weighted by molar-refractivity contribution is -0.140. The Labute approximate surface area is 64.9 Å². The van der Waals surface area contributed by atoms with E-state index in [9.17, 15) is 9.59 Å². The molecule has 0 radical (unpaired) electrons. The summed E-state index contributed by atoms with van der Waals surface area (Å²) in [7, 11) is 0. The van der Waals surface area contributed by atoms with E-state index in [1.54, 1.807) is 0 Å². The molecule has 1 heterocycles. The highest BCUT2D eigenvalue weighted by Crippen LogP contribution is 2.11. The third-order valence-corrected chi connectivity index (χ3v) is 1.70. The number of carbonyl (C=O) groups excluding carboxylic acids is 2. The van der Waals surface area contributed by atoms with E-state index in [0.717, 1.165) is 0 Å². The third kappa shape index (κ3) is 1.93. The van der Waals surface area contributed by atoms with Gasteiger partial charge < -0.3 is 10.1 Å². The molecule has 1 aliphatic rings. The molecule has 0 aromatic carbocycles. The fourth-order valence-electron chi connectivity index (χ4n) is 0.959. The molecule has 4 heteroatoms. The number of hydrogen-bond donors (Lipinski definition) is 1. The Morgan fingerprint density at radius 3 is 2.64 bits per heavy atom. The van der Waals surface area contributed by atoms with Crippen LogP contribution in [0.4, 0.5) is 4.79 Å². The Balaban J connectivity index is 2.56. The summed E-state index contributed by atoms with van der Waals surface area (Å²) in [4.78, 5) is 21.3. The molecule has 0 bridgehead atoms. The molecule has 1 saturated heterocycles. The number of ether oxygens (including phenoxy) is 1. The molecule has 1 atom stereocenters. The zero-order valence-corrected chi connectivity index (χ0v) is 6.59. The largest absolute Gasteiger partial charge is 0.415 e. The number of esters is 1. The van der Waals surface area contributed by atoms with Crippen LogP contribution in [-0.4, -0.2) is 18.1 Å². The van der Waals surface area contributed by atoms with Crippen molar-refractivity contribution in [2.24, 2.45) is 5.92 Å². The molecule has 0 aromatic rings.